The van der Waals surface area contributed by atoms with E-state index in [-0.39, 0.29) is 18.3 Å². The number of nitrogens with one attached hydrogen (secondary N) is 2. The molecule has 5 heteroatoms. The predicted octanol–water partition coefficient (Wildman–Crippen LogP) is 2.23. The van der Waals surface area contributed by atoms with E-state index in [0.717, 1.165) is 16.5 Å². The van der Waals surface area contributed by atoms with Gasteiger partial charge in [-0.3, -0.25) is 9.59 Å². The lowest BCUT2D eigenvalue weighted by Crippen LogP contribution is -2.09. The smallest absolute Gasteiger partial charge is 0.305 e. The second kappa shape index (κ2) is 5.56. The number of H-pyrrole nitrogens is 1. The summed E-state index contributed by atoms with van der Waals surface area (Å²) in [5, 5.41) is 3.77. The molecule has 0 aliphatic carbocycles. The van der Waals surface area contributed by atoms with Gasteiger partial charge in [-0.1, -0.05) is 18.2 Å². The Morgan fingerprint density at radius 1 is 1.32 bits per heavy atom. The predicted molar refractivity (Wildman–Crippen MR) is 72.9 cm³/mol. The molecule has 2 aromatic rings. The summed E-state index contributed by atoms with van der Waals surface area (Å²) in [6, 6.07) is 7.74. The Hall–Kier alpha value is -2.30. The fraction of sp³-hybridized carbons (Fsp3) is 0.286. The molecule has 0 saturated heterocycles. The number of anilines is 1. The third-order valence-electron chi connectivity index (χ3n) is 2.92. The number of aromatic amines is 1. The van der Waals surface area contributed by atoms with Gasteiger partial charge in [-0.15, -0.1) is 0 Å². The van der Waals surface area contributed by atoms with Crippen LogP contribution in [0.5, 0.6) is 0 Å². The fourth-order valence-corrected chi connectivity index (χ4v) is 2.07. The summed E-state index contributed by atoms with van der Waals surface area (Å²) in [6.07, 6.45) is 0.803. The van der Waals surface area contributed by atoms with Gasteiger partial charge in [0.15, 0.2) is 0 Å². The van der Waals surface area contributed by atoms with Crippen LogP contribution in [-0.2, 0) is 20.7 Å². The van der Waals surface area contributed by atoms with Crippen molar-refractivity contribution in [2.24, 2.45) is 0 Å². The number of ether oxygens (including phenoxy) is 1. The van der Waals surface area contributed by atoms with Crippen LogP contribution in [-0.4, -0.2) is 24.0 Å². The van der Waals surface area contributed by atoms with E-state index in [2.05, 4.69) is 15.0 Å². The Morgan fingerprint density at radius 2 is 2.05 bits per heavy atom. The molecular weight excluding hydrogens is 244 g/mol. The highest BCUT2D eigenvalue weighted by atomic mass is 16.5. The molecule has 0 saturated carbocycles. The Bertz CT molecular complexity index is 616. The number of amides is 1. The van der Waals surface area contributed by atoms with Gasteiger partial charge in [0, 0.05) is 29.8 Å². The summed E-state index contributed by atoms with van der Waals surface area (Å²) in [7, 11) is 1.37. The monoisotopic (exact) mass is 260 g/mol. The molecule has 1 heterocycles. The van der Waals surface area contributed by atoms with Crippen LogP contribution in [0.4, 0.5) is 5.82 Å². The zero-order valence-corrected chi connectivity index (χ0v) is 10.9. The largest absolute Gasteiger partial charge is 0.469 e. The first-order chi connectivity index (χ1) is 9.11. The summed E-state index contributed by atoms with van der Waals surface area (Å²) in [4.78, 5) is 25.6. The van der Waals surface area contributed by atoms with Gasteiger partial charge in [-0.2, -0.15) is 0 Å². The lowest BCUT2D eigenvalue weighted by atomic mass is 10.1. The van der Waals surface area contributed by atoms with Gasteiger partial charge in [-0.05, 0) is 12.5 Å². The Kier molecular flexibility index (Phi) is 3.85. The second-order valence-corrected chi connectivity index (χ2v) is 4.28. The molecular formula is C14H16N2O3. The molecule has 0 spiro atoms. The van der Waals surface area contributed by atoms with Crippen LogP contribution in [0.15, 0.2) is 24.3 Å². The van der Waals surface area contributed by atoms with Crippen molar-refractivity contribution in [3.8, 4) is 0 Å². The number of hydrogen-bond donors (Lipinski definition) is 2. The number of para-hydroxylation sites is 1. The van der Waals surface area contributed by atoms with Crippen molar-refractivity contribution in [2.75, 3.05) is 12.4 Å². The highest BCUT2D eigenvalue weighted by molar-refractivity contribution is 5.96. The van der Waals surface area contributed by atoms with Crippen molar-refractivity contribution < 1.29 is 14.3 Å². The topological polar surface area (TPSA) is 71.2 Å². The molecule has 5 nitrogen and oxygen atoms in total. The molecule has 0 fully saturated rings. The molecule has 1 aromatic heterocycles. The van der Waals surface area contributed by atoms with Crippen molar-refractivity contribution >= 4 is 28.6 Å². The van der Waals surface area contributed by atoms with E-state index in [1.54, 1.807) is 0 Å². The van der Waals surface area contributed by atoms with E-state index in [4.69, 9.17) is 0 Å². The Balaban J connectivity index is 2.36. The van der Waals surface area contributed by atoms with Crippen LogP contribution in [0, 0.1) is 0 Å². The van der Waals surface area contributed by atoms with Crippen molar-refractivity contribution in [3.63, 3.8) is 0 Å². The van der Waals surface area contributed by atoms with Gasteiger partial charge in [0.25, 0.3) is 0 Å². The quantitative estimate of drug-likeness (QED) is 0.828. The number of esters is 1. The zero-order chi connectivity index (χ0) is 13.8. The number of rotatable bonds is 4. The van der Waals surface area contributed by atoms with Crippen molar-refractivity contribution in [1.82, 2.24) is 4.98 Å². The normalized spacial score (nSPS) is 10.4. The number of carbonyl (C=O) groups excluding carboxylic acids is 2. The minimum absolute atomic E-state index is 0.147. The van der Waals surface area contributed by atoms with Crippen LogP contribution in [0.2, 0.25) is 0 Å². The summed E-state index contributed by atoms with van der Waals surface area (Å²) in [5.41, 5.74) is 1.86. The van der Waals surface area contributed by atoms with Gasteiger partial charge in [0.1, 0.15) is 5.82 Å². The molecule has 1 amide bonds. The summed E-state index contributed by atoms with van der Waals surface area (Å²) >= 11 is 0. The number of carbonyl (C=O) groups is 2. The van der Waals surface area contributed by atoms with Crippen molar-refractivity contribution in [3.05, 3.63) is 29.8 Å². The van der Waals surface area contributed by atoms with E-state index in [1.807, 2.05) is 24.3 Å². The number of methoxy groups -OCH3 is 1. The maximum Gasteiger partial charge on any atom is 0.305 e. The number of fused-ring (bicyclic) bond motifs is 1. The molecule has 1 aromatic carbocycles. The number of benzene rings is 1. The third-order valence-corrected chi connectivity index (χ3v) is 2.92. The maximum absolute atomic E-state index is 11.3. The summed E-state index contributed by atoms with van der Waals surface area (Å²) in [5.74, 6) is 0.238. The molecule has 19 heavy (non-hydrogen) atoms. The van der Waals surface area contributed by atoms with Crippen molar-refractivity contribution in [2.45, 2.75) is 19.8 Å². The van der Waals surface area contributed by atoms with Gasteiger partial charge in [-0.25, -0.2) is 0 Å². The van der Waals surface area contributed by atoms with Gasteiger partial charge in [0.05, 0.1) is 7.11 Å². The number of aromatic nitrogens is 1. The SMILES string of the molecule is COC(=O)CCc1c(NC(C)=O)[nH]c2ccccc12. The highest BCUT2D eigenvalue weighted by Crippen LogP contribution is 2.27. The molecule has 0 aliphatic rings. The molecule has 0 unspecified atom stereocenters. The van der Waals surface area contributed by atoms with Crippen LogP contribution in [0.25, 0.3) is 10.9 Å². The average molecular weight is 260 g/mol. The van der Waals surface area contributed by atoms with E-state index < -0.39 is 0 Å². The van der Waals surface area contributed by atoms with E-state index in [1.165, 1.54) is 14.0 Å². The second-order valence-electron chi connectivity index (χ2n) is 4.28. The highest BCUT2D eigenvalue weighted by Gasteiger charge is 2.13. The van der Waals surface area contributed by atoms with E-state index in [0.29, 0.717) is 12.2 Å². The first-order valence-corrected chi connectivity index (χ1v) is 6.06. The first-order valence-electron chi connectivity index (χ1n) is 6.06. The summed E-state index contributed by atoms with van der Waals surface area (Å²) < 4.78 is 4.65. The number of hydrogen-bond acceptors (Lipinski definition) is 3. The van der Waals surface area contributed by atoms with Crippen molar-refractivity contribution in [1.29, 1.82) is 0 Å². The average Bonchev–Trinajstić information content (AvgIpc) is 2.72. The summed E-state index contributed by atoms with van der Waals surface area (Å²) in [6.45, 7) is 1.45. The van der Waals surface area contributed by atoms with Crippen LogP contribution in [0.3, 0.4) is 0 Å². The van der Waals surface area contributed by atoms with Crippen LogP contribution in [0.1, 0.15) is 18.9 Å². The van der Waals surface area contributed by atoms with Gasteiger partial charge < -0.3 is 15.0 Å². The standard InChI is InChI=1S/C14H16N2O3/c1-9(17)15-14-11(7-8-13(18)19-2)10-5-3-4-6-12(10)16-14/h3-6,16H,7-8H2,1-2H3,(H,15,17). The maximum atomic E-state index is 11.3. The lowest BCUT2D eigenvalue weighted by molar-refractivity contribution is -0.140. The van der Waals surface area contributed by atoms with E-state index >= 15 is 0 Å². The zero-order valence-electron chi connectivity index (χ0n) is 10.9. The van der Waals surface area contributed by atoms with E-state index in [9.17, 15) is 9.59 Å². The Labute approximate surface area is 110 Å². The molecule has 0 radical (unpaired) electrons. The van der Waals surface area contributed by atoms with Gasteiger partial charge >= 0.3 is 5.97 Å². The molecule has 0 atom stereocenters. The van der Waals surface area contributed by atoms with Crippen LogP contribution < -0.4 is 5.32 Å². The molecule has 2 rings (SSSR count). The first kappa shape index (κ1) is 13.1. The molecule has 0 bridgehead atoms. The molecule has 0 aliphatic heterocycles. The van der Waals surface area contributed by atoms with Gasteiger partial charge in [0.2, 0.25) is 5.91 Å². The van der Waals surface area contributed by atoms with Crippen LogP contribution >= 0.6 is 0 Å². The Morgan fingerprint density at radius 3 is 2.74 bits per heavy atom. The lowest BCUT2D eigenvalue weighted by Gasteiger charge is -2.04. The minimum Gasteiger partial charge on any atom is -0.469 e. The minimum atomic E-state index is -0.265. The third kappa shape index (κ3) is 2.93. The fourth-order valence-electron chi connectivity index (χ4n) is 2.07. The number of aryl methyl sites for hydroxylation is 1. The molecule has 2 N–H and O–H groups in total. The molecule has 100 valence electrons.